The number of rotatable bonds is 3. The van der Waals surface area contributed by atoms with Gasteiger partial charge in [0.05, 0.1) is 5.39 Å². The lowest BCUT2D eigenvalue weighted by atomic mass is 10.2. The molecular weight excluding hydrogens is 264 g/mol. The van der Waals surface area contributed by atoms with Crippen molar-refractivity contribution in [1.82, 2.24) is 9.55 Å². The van der Waals surface area contributed by atoms with Crippen LogP contribution in [0.15, 0.2) is 9.59 Å². The van der Waals surface area contributed by atoms with Crippen LogP contribution in [-0.4, -0.2) is 15.3 Å². The van der Waals surface area contributed by atoms with Crippen LogP contribution >= 0.6 is 11.3 Å². The standard InChI is InChI=1S/C13H14N2O3S/c1-7(16)5-6-15-12(17)10-8-3-2-4-9(8)19-11(10)14-13(15)18/h2-6H2,1H3,(H,14,18). The minimum atomic E-state index is -0.418. The number of thiophene rings is 1. The molecule has 0 saturated carbocycles. The third-order valence-corrected chi connectivity index (χ3v) is 4.74. The molecule has 100 valence electrons. The molecule has 0 bridgehead atoms. The van der Waals surface area contributed by atoms with Crippen molar-refractivity contribution in [2.24, 2.45) is 0 Å². The van der Waals surface area contributed by atoms with Gasteiger partial charge in [-0.3, -0.25) is 19.1 Å². The summed E-state index contributed by atoms with van der Waals surface area (Å²) >= 11 is 1.51. The molecule has 0 radical (unpaired) electrons. The fourth-order valence-electron chi connectivity index (χ4n) is 2.58. The van der Waals surface area contributed by atoms with Crippen LogP contribution in [-0.2, 0) is 24.2 Å². The summed E-state index contributed by atoms with van der Waals surface area (Å²) in [6, 6.07) is 0. The van der Waals surface area contributed by atoms with Crippen LogP contribution in [0.2, 0.25) is 0 Å². The van der Waals surface area contributed by atoms with Crippen LogP contribution in [0.1, 0.15) is 30.2 Å². The van der Waals surface area contributed by atoms with Gasteiger partial charge in [0.1, 0.15) is 10.6 Å². The van der Waals surface area contributed by atoms with Crippen molar-refractivity contribution in [2.45, 2.75) is 39.2 Å². The number of carbonyl (C=O) groups excluding carboxylic acids is 1. The van der Waals surface area contributed by atoms with E-state index in [1.54, 1.807) is 0 Å². The van der Waals surface area contributed by atoms with E-state index in [1.165, 1.54) is 23.1 Å². The first-order valence-corrected chi connectivity index (χ1v) is 7.16. The number of hydrogen-bond acceptors (Lipinski definition) is 4. The highest BCUT2D eigenvalue weighted by Gasteiger charge is 2.21. The molecular formula is C13H14N2O3S. The first-order chi connectivity index (χ1) is 9.08. The molecule has 6 heteroatoms. The number of carbonyl (C=O) groups is 1. The number of aromatic amines is 1. The van der Waals surface area contributed by atoms with E-state index < -0.39 is 5.69 Å². The molecule has 2 aromatic rings. The lowest BCUT2D eigenvalue weighted by Gasteiger charge is -2.03. The molecule has 1 aliphatic carbocycles. The number of fused-ring (bicyclic) bond motifs is 3. The van der Waals surface area contributed by atoms with Crippen LogP contribution in [0.3, 0.4) is 0 Å². The van der Waals surface area contributed by atoms with E-state index in [0.29, 0.717) is 10.2 Å². The molecule has 1 N–H and O–H groups in total. The number of ketones is 1. The zero-order valence-electron chi connectivity index (χ0n) is 10.6. The maximum atomic E-state index is 12.4. The molecule has 2 heterocycles. The average molecular weight is 278 g/mol. The minimum Gasteiger partial charge on any atom is -0.300 e. The summed E-state index contributed by atoms with van der Waals surface area (Å²) in [6.07, 6.45) is 3.18. The Balaban J connectivity index is 2.21. The highest BCUT2D eigenvalue weighted by Crippen LogP contribution is 2.33. The van der Waals surface area contributed by atoms with Crippen molar-refractivity contribution < 1.29 is 4.79 Å². The monoisotopic (exact) mass is 278 g/mol. The first kappa shape index (κ1) is 12.3. The lowest BCUT2D eigenvalue weighted by Crippen LogP contribution is -2.35. The molecule has 0 spiro atoms. The van der Waals surface area contributed by atoms with E-state index in [-0.39, 0.29) is 24.3 Å². The fraction of sp³-hybridized carbons (Fsp3) is 0.462. The summed E-state index contributed by atoms with van der Waals surface area (Å²) in [7, 11) is 0. The molecule has 2 aromatic heterocycles. The SMILES string of the molecule is CC(=O)CCn1c(=O)[nH]c2sc3c(c2c1=O)CCC3. The van der Waals surface area contributed by atoms with Gasteiger partial charge in [0.25, 0.3) is 5.56 Å². The van der Waals surface area contributed by atoms with E-state index in [2.05, 4.69) is 4.98 Å². The summed E-state index contributed by atoms with van der Waals surface area (Å²) in [5.41, 5.74) is 0.427. The molecule has 0 saturated heterocycles. The van der Waals surface area contributed by atoms with Crippen LogP contribution < -0.4 is 11.2 Å². The Morgan fingerprint density at radius 2 is 2.16 bits per heavy atom. The normalized spacial score (nSPS) is 13.9. The zero-order chi connectivity index (χ0) is 13.6. The molecule has 0 aromatic carbocycles. The number of Topliss-reactive ketones (excluding diaryl/α,β-unsaturated/α-hetero) is 1. The number of aryl methyl sites for hydroxylation is 2. The highest BCUT2D eigenvalue weighted by atomic mass is 32.1. The molecule has 5 nitrogen and oxygen atoms in total. The van der Waals surface area contributed by atoms with Crippen molar-refractivity contribution in [3.63, 3.8) is 0 Å². The van der Waals surface area contributed by atoms with Gasteiger partial charge < -0.3 is 0 Å². The lowest BCUT2D eigenvalue weighted by molar-refractivity contribution is -0.117. The Morgan fingerprint density at radius 1 is 1.37 bits per heavy atom. The second-order valence-electron chi connectivity index (χ2n) is 4.90. The van der Waals surface area contributed by atoms with E-state index >= 15 is 0 Å². The van der Waals surface area contributed by atoms with Gasteiger partial charge in [0, 0.05) is 17.8 Å². The fourth-order valence-corrected chi connectivity index (χ4v) is 3.85. The van der Waals surface area contributed by atoms with Gasteiger partial charge in [-0.1, -0.05) is 0 Å². The van der Waals surface area contributed by atoms with Gasteiger partial charge in [0.2, 0.25) is 0 Å². The van der Waals surface area contributed by atoms with E-state index in [1.807, 2.05) is 0 Å². The Labute approximate surface area is 112 Å². The molecule has 0 amide bonds. The van der Waals surface area contributed by atoms with Crippen LogP contribution in [0.4, 0.5) is 0 Å². The van der Waals surface area contributed by atoms with E-state index in [0.717, 1.165) is 29.4 Å². The van der Waals surface area contributed by atoms with Gasteiger partial charge in [-0.2, -0.15) is 0 Å². The number of H-pyrrole nitrogens is 1. The summed E-state index contributed by atoms with van der Waals surface area (Å²) in [6.45, 7) is 1.62. The molecule has 3 rings (SSSR count). The smallest absolute Gasteiger partial charge is 0.300 e. The molecule has 0 fully saturated rings. The first-order valence-electron chi connectivity index (χ1n) is 6.34. The number of nitrogens with one attached hydrogen (secondary N) is 1. The quantitative estimate of drug-likeness (QED) is 0.917. The maximum Gasteiger partial charge on any atom is 0.329 e. The van der Waals surface area contributed by atoms with E-state index in [4.69, 9.17) is 0 Å². The van der Waals surface area contributed by atoms with Crippen molar-refractivity contribution in [3.8, 4) is 0 Å². The van der Waals surface area contributed by atoms with Crippen LogP contribution in [0, 0.1) is 0 Å². The van der Waals surface area contributed by atoms with Crippen molar-refractivity contribution in [3.05, 3.63) is 31.3 Å². The molecule has 19 heavy (non-hydrogen) atoms. The molecule has 0 aliphatic heterocycles. The maximum absolute atomic E-state index is 12.4. The number of nitrogens with zero attached hydrogens (tertiary/aromatic N) is 1. The zero-order valence-corrected chi connectivity index (χ0v) is 11.4. The van der Waals surface area contributed by atoms with Crippen LogP contribution in [0.25, 0.3) is 10.2 Å². The largest absolute Gasteiger partial charge is 0.329 e. The van der Waals surface area contributed by atoms with E-state index in [9.17, 15) is 14.4 Å². The number of hydrogen-bond donors (Lipinski definition) is 1. The third-order valence-electron chi connectivity index (χ3n) is 3.53. The molecule has 0 atom stereocenters. The van der Waals surface area contributed by atoms with Crippen molar-refractivity contribution >= 4 is 27.3 Å². The summed E-state index contributed by atoms with van der Waals surface area (Å²) in [5, 5.41) is 0.653. The third kappa shape index (κ3) is 1.96. The van der Waals surface area contributed by atoms with Gasteiger partial charge >= 0.3 is 5.69 Å². The van der Waals surface area contributed by atoms with Gasteiger partial charge in [-0.25, -0.2) is 4.79 Å². The Bertz CT molecular complexity index is 782. The van der Waals surface area contributed by atoms with Gasteiger partial charge in [-0.05, 0) is 31.7 Å². The Kier molecular flexibility index (Phi) is 2.89. The summed E-state index contributed by atoms with van der Waals surface area (Å²) in [4.78, 5) is 40.0. The molecule has 1 aliphatic rings. The predicted molar refractivity (Wildman–Crippen MR) is 74.0 cm³/mol. The predicted octanol–water partition coefficient (Wildman–Crippen LogP) is 1.22. The summed E-state index contributed by atoms with van der Waals surface area (Å²) < 4.78 is 1.15. The van der Waals surface area contributed by atoms with Crippen molar-refractivity contribution in [2.75, 3.05) is 0 Å². The summed E-state index contributed by atoms with van der Waals surface area (Å²) in [5.74, 6) is -0.0260. The second kappa shape index (κ2) is 4.45. The minimum absolute atomic E-state index is 0.0260. The van der Waals surface area contributed by atoms with Crippen molar-refractivity contribution in [1.29, 1.82) is 0 Å². The highest BCUT2D eigenvalue weighted by molar-refractivity contribution is 7.18. The van der Waals surface area contributed by atoms with Gasteiger partial charge in [-0.15, -0.1) is 11.3 Å². The Morgan fingerprint density at radius 3 is 2.89 bits per heavy atom. The Hall–Kier alpha value is -1.69. The number of aromatic nitrogens is 2. The molecule has 0 unspecified atom stereocenters. The van der Waals surface area contributed by atoms with Crippen LogP contribution in [0.5, 0.6) is 0 Å². The van der Waals surface area contributed by atoms with Gasteiger partial charge in [0.15, 0.2) is 0 Å². The topological polar surface area (TPSA) is 71.9 Å². The second-order valence-corrected chi connectivity index (χ2v) is 6.01. The average Bonchev–Trinajstić information content (AvgIpc) is 2.87.